The molecule has 1 atom stereocenters. The Labute approximate surface area is 100 Å². The zero-order valence-corrected chi connectivity index (χ0v) is 10.0. The molecule has 17 heavy (non-hydrogen) atoms. The normalized spacial score (nSPS) is 22.4. The molecule has 0 amide bonds. The average Bonchev–Trinajstić information content (AvgIpc) is 2.67. The summed E-state index contributed by atoms with van der Waals surface area (Å²) in [7, 11) is 0. The van der Waals surface area contributed by atoms with Crippen LogP contribution in [0.15, 0.2) is 24.3 Å². The third-order valence-corrected chi connectivity index (χ3v) is 2.54. The van der Waals surface area contributed by atoms with Gasteiger partial charge in [0.2, 0.25) is 0 Å². The zero-order valence-electron chi connectivity index (χ0n) is 10.0. The first-order valence-corrected chi connectivity index (χ1v) is 5.59. The van der Waals surface area contributed by atoms with Crippen LogP contribution in [0.4, 0.5) is 0 Å². The maximum absolute atomic E-state index is 10.8. The first-order chi connectivity index (χ1) is 8.11. The van der Waals surface area contributed by atoms with Crippen LogP contribution >= 0.6 is 0 Å². The van der Waals surface area contributed by atoms with Crippen molar-refractivity contribution in [2.45, 2.75) is 25.7 Å². The summed E-state index contributed by atoms with van der Waals surface area (Å²) < 4.78 is 16.6. The molecular formula is C13H16O4. The average molecular weight is 236 g/mol. The predicted molar refractivity (Wildman–Crippen MR) is 62.2 cm³/mol. The van der Waals surface area contributed by atoms with Crippen LogP contribution in [0.3, 0.4) is 0 Å². The Morgan fingerprint density at radius 1 is 1.47 bits per heavy atom. The monoisotopic (exact) mass is 236 g/mol. The van der Waals surface area contributed by atoms with Crippen molar-refractivity contribution < 1.29 is 19.0 Å². The third kappa shape index (κ3) is 3.05. The summed E-state index contributed by atoms with van der Waals surface area (Å²) >= 11 is 0. The Morgan fingerprint density at radius 3 is 2.88 bits per heavy atom. The molecule has 0 unspecified atom stereocenters. The number of rotatable bonds is 4. The number of para-hydroxylation sites is 1. The van der Waals surface area contributed by atoms with Gasteiger partial charge in [0.15, 0.2) is 12.1 Å². The van der Waals surface area contributed by atoms with Crippen molar-refractivity contribution in [2.24, 2.45) is 0 Å². The highest BCUT2D eigenvalue weighted by molar-refractivity contribution is 5.79. The molecule has 2 rings (SSSR count). The second kappa shape index (κ2) is 4.85. The topological polar surface area (TPSA) is 44.8 Å². The highest BCUT2D eigenvalue weighted by atomic mass is 16.7. The van der Waals surface area contributed by atoms with Crippen LogP contribution in [0, 0.1) is 0 Å². The zero-order chi connectivity index (χ0) is 12.3. The molecule has 0 radical (unpaired) electrons. The van der Waals surface area contributed by atoms with Gasteiger partial charge in [-0.2, -0.15) is 0 Å². The Kier molecular flexibility index (Phi) is 3.45. The summed E-state index contributed by atoms with van der Waals surface area (Å²) in [4.78, 5) is 10.8. The lowest BCUT2D eigenvalue weighted by atomic mass is 10.2. The van der Waals surface area contributed by atoms with Gasteiger partial charge in [-0.3, -0.25) is 4.79 Å². The second-order valence-corrected chi connectivity index (χ2v) is 4.42. The number of benzene rings is 1. The summed E-state index contributed by atoms with van der Waals surface area (Å²) in [5.74, 6) is 0.0360. The van der Waals surface area contributed by atoms with Crippen molar-refractivity contribution >= 4 is 6.29 Å². The molecule has 1 aliphatic rings. The van der Waals surface area contributed by atoms with Gasteiger partial charge in [-0.15, -0.1) is 0 Å². The minimum atomic E-state index is -0.543. The quantitative estimate of drug-likeness (QED) is 0.750. The fourth-order valence-corrected chi connectivity index (χ4v) is 1.74. The van der Waals surface area contributed by atoms with Gasteiger partial charge < -0.3 is 14.2 Å². The van der Waals surface area contributed by atoms with Crippen LogP contribution in [0.25, 0.3) is 0 Å². The van der Waals surface area contributed by atoms with E-state index >= 15 is 0 Å². The van der Waals surface area contributed by atoms with Crippen molar-refractivity contribution in [2.75, 3.05) is 13.2 Å². The molecule has 0 aliphatic carbocycles. The molecular weight excluding hydrogens is 220 g/mol. The van der Waals surface area contributed by atoms with E-state index in [9.17, 15) is 4.79 Å². The van der Waals surface area contributed by atoms with Crippen LogP contribution < -0.4 is 4.74 Å². The molecule has 92 valence electrons. The molecule has 0 saturated carbocycles. The fourth-order valence-electron chi connectivity index (χ4n) is 1.74. The van der Waals surface area contributed by atoms with Gasteiger partial charge >= 0.3 is 0 Å². The Morgan fingerprint density at radius 2 is 2.24 bits per heavy atom. The van der Waals surface area contributed by atoms with Gasteiger partial charge in [-0.05, 0) is 26.0 Å². The maximum atomic E-state index is 10.8. The van der Waals surface area contributed by atoms with E-state index in [1.54, 1.807) is 18.2 Å². The molecule has 0 spiro atoms. The number of hydrogen-bond acceptors (Lipinski definition) is 4. The molecule has 1 saturated heterocycles. The molecule has 1 aromatic carbocycles. The SMILES string of the molecule is CC1(C)OC[C@H](COc2ccccc2C=O)O1. The Bertz CT molecular complexity index is 400. The number of carbonyl (C=O) groups excluding carboxylic acids is 1. The van der Waals surface area contributed by atoms with Crippen molar-refractivity contribution in [1.82, 2.24) is 0 Å². The maximum Gasteiger partial charge on any atom is 0.163 e. The van der Waals surface area contributed by atoms with E-state index in [1.807, 2.05) is 19.9 Å². The van der Waals surface area contributed by atoms with E-state index in [1.165, 1.54) is 0 Å². The number of carbonyl (C=O) groups is 1. The molecule has 1 aromatic rings. The first-order valence-electron chi connectivity index (χ1n) is 5.59. The van der Waals surface area contributed by atoms with Crippen LogP contribution in [0.5, 0.6) is 5.75 Å². The minimum Gasteiger partial charge on any atom is -0.490 e. The highest BCUT2D eigenvalue weighted by Gasteiger charge is 2.33. The summed E-state index contributed by atoms with van der Waals surface area (Å²) in [6.07, 6.45) is 0.690. The van der Waals surface area contributed by atoms with Gasteiger partial charge in [0.25, 0.3) is 0 Å². The van der Waals surface area contributed by atoms with Crippen LogP contribution in [-0.4, -0.2) is 31.4 Å². The van der Waals surface area contributed by atoms with Gasteiger partial charge in [0, 0.05) is 0 Å². The molecule has 0 aromatic heterocycles. The Hall–Kier alpha value is -1.39. The summed E-state index contributed by atoms with van der Waals surface area (Å²) in [6, 6.07) is 7.12. The van der Waals surface area contributed by atoms with Crippen LogP contribution in [0.2, 0.25) is 0 Å². The molecule has 0 bridgehead atoms. The second-order valence-electron chi connectivity index (χ2n) is 4.42. The van der Waals surface area contributed by atoms with Crippen LogP contribution in [-0.2, 0) is 9.47 Å². The van der Waals surface area contributed by atoms with E-state index in [0.717, 1.165) is 6.29 Å². The highest BCUT2D eigenvalue weighted by Crippen LogP contribution is 2.23. The van der Waals surface area contributed by atoms with Gasteiger partial charge in [-0.25, -0.2) is 0 Å². The fraction of sp³-hybridized carbons (Fsp3) is 0.462. The van der Waals surface area contributed by atoms with E-state index in [4.69, 9.17) is 14.2 Å². The van der Waals surface area contributed by atoms with E-state index in [2.05, 4.69) is 0 Å². The van der Waals surface area contributed by atoms with Crippen molar-refractivity contribution in [3.8, 4) is 5.75 Å². The third-order valence-electron chi connectivity index (χ3n) is 2.54. The summed E-state index contributed by atoms with van der Waals surface area (Å²) in [6.45, 7) is 4.63. The lowest BCUT2D eigenvalue weighted by Crippen LogP contribution is -2.25. The standard InChI is InChI=1S/C13H16O4/c1-13(2)16-9-11(17-13)8-15-12-6-4-3-5-10(12)7-14/h3-7,11H,8-9H2,1-2H3/t11-/m0/s1. The number of ether oxygens (including phenoxy) is 3. The minimum absolute atomic E-state index is 0.0929. The lowest BCUT2D eigenvalue weighted by Gasteiger charge is -2.17. The predicted octanol–water partition coefficient (Wildman–Crippen LogP) is 2.03. The largest absolute Gasteiger partial charge is 0.490 e. The number of hydrogen-bond donors (Lipinski definition) is 0. The molecule has 0 N–H and O–H groups in total. The van der Waals surface area contributed by atoms with E-state index in [0.29, 0.717) is 24.5 Å². The number of aldehydes is 1. The first kappa shape index (κ1) is 12.1. The summed E-state index contributed by atoms with van der Waals surface area (Å²) in [5.41, 5.74) is 0.547. The van der Waals surface area contributed by atoms with Gasteiger partial charge in [0.05, 0.1) is 12.2 Å². The molecule has 1 fully saturated rings. The van der Waals surface area contributed by atoms with E-state index in [-0.39, 0.29) is 6.10 Å². The van der Waals surface area contributed by atoms with Gasteiger partial charge in [0.1, 0.15) is 18.5 Å². The van der Waals surface area contributed by atoms with E-state index < -0.39 is 5.79 Å². The molecule has 1 aliphatic heterocycles. The Balaban J connectivity index is 1.92. The summed E-state index contributed by atoms with van der Waals surface area (Å²) in [5, 5.41) is 0. The molecule has 1 heterocycles. The lowest BCUT2D eigenvalue weighted by molar-refractivity contribution is -0.141. The smallest absolute Gasteiger partial charge is 0.163 e. The molecule has 4 heteroatoms. The van der Waals surface area contributed by atoms with Crippen molar-refractivity contribution in [1.29, 1.82) is 0 Å². The van der Waals surface area contributed by atoms with Gasteiger partial charge in [-0.1, -0.05) is 12.1 Å². The van der Waals surface area contributed by atoms with Crippen molar-refractivity contribution in [3.05, 3.63) is 29.8 Å². The molecule has 4 nitrogen and oxygen atoms in total. The van der Waals surface area contributed by atoms with Crippen molar-refractivity contribution in [3.63, 3.8) is 0 Å². The van der Waals surface area contributed by atoms with Crippen LogP contribution in [0.1, 0.15) is 24.2 Å².